The van der Waals surface area contributed by atoms with Crippen molar-refractivity contribution in [2.45, 2.75) is 38.8 Å². The molecule has 0 saturated carbocycles. The molecule has 6 heteroatoms. The summed E-state index contributed by atoms with van der Waals surface area (Å²) in [5, 5.41) is 3.61. The molecule has 1 atom stereocenters. The van der Waals surface area contributed by atoms with Crippen LogP contribution < -0.4 is 5.32 Å². The van der Waals surface area contributed by atoms with Gasteiger partial charge >= 0.3 is 0 Å². The fourth-order valence-corrected chi connectivity index (χ4v) is 4.24. The van der Waals surface area contributed by atoms with Crippen LogP contribution in [0.15, 0.2) is 12.1 Å². The largest absolute Gasteiger partial charge is 0.307 e. The molecule has 0 spiro atoms. The number of thiophene rings is 1. The van der Waals surface area contributed by atoms with E-state index in [0.29, 0.717) is 25.2 Å². The number of hydrogen-bond acceptors (Lipinski definition) is 4. The molecule has 0 aromatic carbocycles. The van der Waals surface area contributed by atoms with Crippen molar-refractivity contribution in [1.82, 2.24) is 9.62 Å². The van der Waals surface area contributed by atoms with E-state index < -0.39 is 10.0 Å². The summed E-state index contributed by atoms with van der Waals surface area (Å²) >= 11 is 1.82. The zero-order valence-electron chi connectivity index (χ0n) is 11.7. The molecule has 1 aromatic rings. The highest BCUT2D eigenvalue weighted by atomic mass is 32.2. The van der Waals surface area contributed by atoms with Crippen molar-refractivity contribution in [2.24, 2.45) is 0 Å². The first-order valence-electron chi connectivity index (χ1n) is 6.64. The molecule has 4 nitrogen and oxygen atoms in total. The minimum Gasteiger partial charge on any atom is -0.307 e. The first kappa shape index (κ1) is 15.0. The molecule has 2 heterocycles. The number of nitrogens with one attached hydrogen (secondary N) is 1. The van der Waals surface area contributed by atoms with Crippen LogP contribution in [0.5, 0.6) is 0 Å². The first-order valence-corrected chi connectivity index (χ1v) is 9.30. The second kappa shape index (κ2) is 5.91. The summed E-state index contributed by atoms with van der Waals surface area (Å²) in [6.45, 7) is 5.55. The number of piperidine rings is 1. The number of hydrogen-bond donors (Lipinski definition) is 1. The minimum atomic E-state index is -3.02. The summed E-state index contributed by atoms with van der Waals surface area (Å²) in [4.78, 5) is 2.68. The lowest BCUT2D eigenvalue weighted by molar-refractivity contribution is 0.279. The van der Waals surface area contributed by atoms with E-state index in [9.17, 15) is 8.42 Å². The fourth-order valence-electron chi connectivity index (χ4n) is 2.48. The third-order valence-corrected chi connectivity index (χ3v) is 6.08. The van der Waals surface area contributed by atoms with Gasteiger partial charge in [-0.25, -0.2) is 12.7 Å². The molecule has 1 N–H and O–H groups in total. The summed E-state index contributed by atoms with van der Waals surface area (Å²) in [7, 11) is -3.02. The van der Waals surface area contributed by atoms with E-state index in [1.165, 1.54) is 16.0 Å². The smallest absolute Gasteiger partial charge is 0.211 e. The summed E-state index contributed by atoms with van der Waals surface area (Å²) < 4.78 is 24.5. The monoisotopic (exact) mass is 302 g/mol. The van der Waals surface area contributed by atoms with Crippen LogP contribution in [-0.4, -0.2) is 38.1 Å². The van der Waals surface area contributed by atoms with Gasteiger partial charge in [-0.05, 0) is 38.8 Å². The molecule has 1 aromatic heterocycles. The maximum absolute atomic E-state index is 11.4. The van der Waals surface area contributed by atoms with Gasteiger partial charge < -0.3 is 5.32 Å². The molecule has 0 aliphatic carbocycles. The zero-order valence-corrected chi connectivity index (χ0v) is 13.4. The van der Waals surface area contributed by atoms with Crippen molar-refractivity contribution in [3.05, 3.63) is 21.9 Å². The molecule has 1 saturated heterocycles. The van der Waals surface area contributed by atoms with Gasteiger partial charge in [0, 0.05) is 34.9 Å². The van der Waals surface area contributed by atoms with E-state index in [1.54, 1.807) is 4.31 Å². The normalized spacial score (nSPS) is 20.6. The van der Waals surface area contributed by atoms with Crippen molar-refractivity contribution in [1.29, 1.82) is 0 Å². The van der Waals surface area contributed by atoms with E-state index in [1.807, 2.05) is 11.3 Å². The Morgan fingerprint density at radius 1 is 1.37 bits per heavy atom. The van der Waals surface area contributed by atoms with Crippen molar-refractivity contribution in [3.63, 3.8) is 0 Å². The predicted molar refractivity (Wildman–Crippen MR) is 80.0 cm³/mol. The quantitative estimate of drug-likeness (QED) is 0.927. The minimum absolute atomic E-state index is 0.341. The highest BCUT2D eigenvalue weighted by Crippen LogP contribution is 2.24. The van der Waals surface area contributed by atoms with E-state index in [-0.39, 0.29) is 0 Å². The molecule has 2 rings (SSSR count). The van der Waals surface area contributed by atoms with E-state index in [4.69, 9.17) is 0 Å². The van der Waals surface area contributed by atoms with Gasteiger partial charge in [0.25, 0.3) is 0 Å². The van der Waals surface area contributed by atoms with Crippen LogP contribution >= 0.6 is 11.3 Å². The molecule has 19 heavy (non-hydrogen) atoms. The highest BCUT2D eigenvalue weighted by molar-refractivity contribution is 7.88. The van der Waals surface area contributed by atoms with Crippen molar-refractivity contribution in [2.75, 3.05) is 19.3 Å². The summed E-state index contributed by atoms with van der Waals surface area (Å²) in [5.74, 6) is 0. The lowest BCUT2D eigenvalue weighted by atomic mass is 10.1. The van der Waals surface area contributed by atoms with Crippen LogP contribution in [0.25, 0.3) is 0 Å². The average Bonchev–Trinajstić information content (AvgIpc) is 2.75. The van der Waals surface area contributed by atoms with Crippen LogP contribution in [0.1, 0.15) is 35.6 Å². The van der Waals surface area contributed by atoms with Crippen molar-refractivity contribution >= 4 is 21.4 Å². The van der Waals surface area contributed by atoms with Gasteiger partial charge in [-0.2, -0.15) is 0 Å². The first-order chi connectivity index (χ1) is 8.86. The molecule has 1 aliphatic rings. The molecule has 108 valence electrons. The Hall–Kier alpha value is -0.430. The standard InChI is InChI=1S/C13H22N2O2S2/c1-10-4-5-13(18-10)11(2)14-12-6-8-15(9-7-12)19(3,16)17/h4-5,11-12,14H,6-9H2,1-3H3. The number of nitrogens with zero attached hydrogens (tertiary/aromatic N) is 1. The molecular weight excluding hydrogens is 280 g/mol. The number of aryl methyl sites for hydroxylation is 1. The van der Waals surface area contributed by atoms with Crippen LogP contribution in [0.2, 0.25) is 0 Å². The maximum atomic E-state index is 11.4. The van der Waals surface area contributed by atoms with Crippen molar-refractivity contribution in [3.8, 4) is 0 Å². The Kier molecular flexibility index (Phi) is 4.66. The molecule has 1 unspecified atom stereocenters. The van der Waals surface area contributed by atoms with E-state index in [2.05, 4.69) is 31.3 Å². The molecule has 0 amide bonds. The second-order valence-corrected chi connectivity index (χ2v) is 8.57. The van der Waals surface area contributed by atoms with Gasteiger partial charge in [0.05, 0.1) is 6.26 Å². The second-order valence-electron chi connectivity index (χ2n) is 5.27. The predicted octanol–water partition coefficient (Wildman–Crippen LogP) is 2.13. The van der Waals surface area contributed by atoms with Gasteiger partial charge in [-0.3, -0.25) is 0 Å². The van der Waals surface area contributed by atoms with Crippen molar-refractivity contribution < 1.29 is 8.42 Å². The molecular formula is C13H22N2O2S2. The number of sulfonamides is 1. The van der Waals surface area contributed by atoms with Gasteiger partial charge in [-0.15, -0.1) is 11.3 Å². The topological polar surface area (TPSA) is 49.4 Å². The van der Waals surface area contributed by atoms with Gasteiger partial charge in [0.1, 0.15) is 0 Å². The Morgan fingerprint density at radius 2 is 2.00 bits per heavy atom. The van der Waals surface area contributed by atoms with Crippen LogP contribution in [-0.2, 0) is 10.0 Å². The Morgan fingerprint density at radius 3 is 2.47 bits per heavy atom. The van der Waals surface area contributed by atoms with Crippen LogP contribution in [0.4, 0.5) is 0 Å². The Bertz CT molecular complexity index is 517. The lowest BCUT2D eigenvalue weighted by Crippen LogP contribution is -2.45. The van der Waals surface area contributed by atoms with Gasteiger partial charge in [0.15, 0.2) is 0 Å². The molecule has 1 fully saturated rings. The Balaban J connectivity index is 1.86. The van der Waals surface area contributed by atoms with Crippen LogP contribution in [0, 0.1) is 6.92 Å². The fraction of sp³-hybridized carbons (Fsp3) is 0.692. The van der Waals surface area contributed by atoms with E-state index in [0.717, 1.165) is 12.8 Å². The molecule has 0 radical (unpaired) electrons. The third-order valence-electron chi connectivity index (χ3n) is 3.60. The third kappa shape index (κ3) is 4.02. The maximum Gasteiger partial charge on any atom is 0.211 e. The summed E-state index contributed by atoms with van der Waals surface area (Å²) in [6.07, 6.45) is 3.07. The highest BCUT2D eigenvalue weighted by Gasteiger charge is 2.25. The zero-order chi connectivity index (χ0) is 14.0. The van der Waals surface area contributed by atoms with Crippen LogP contribution in [0.3, 0.4) is 0 Å². The average molecular weight is 302 g/mol. The summed E-state index contributed by atoms with van der Waals surface area (Å²) in [6, 6.07) is 5.07. The lowest BCUT2D eigenvalue weighted by Gasteiger charge is -2.32. The van der Waals surface area contributed by atoms with Gasteiger partial charge in [0.2, 0.25) is 10.0 Å². The number of rotatable bonds is 4. The molecule has 0 bridgehead atoms. The SMILES string of the molecule is Cc1ccc(C(C)NC2CCN(S(C)(=O)=O)CC2)s1. The van der Waals surface area contributed by atoms with E-state index >= 15 is 0 Å². The Labute approximate surface area is 119 Å². The molecule has 1 aliphatic heterocycles. The summed E-state index contributed by atoms with van der Waals surface area (Å²) in [5.41, 5.74) is 0. The van der Waals surface area contributed by atoms with Gasteiger partial charge in [-0.1, -0.05) is 0 Å².